The molecular weight excluding hydrogens is 342 g/mol. The molecule has 0 fully saturated rings. The first-order valence-electron chi connectivity index (χ1n) is 9.11. The quantitative estimate of drug-likeness (QED) is 0.628. The minimum Gasteiger partial charge on any atom is -0.400 e. The lowest BCUT2D eigenvalue weighted by Gasteiger charge is -2.15. The number of methoxy groups -OCH3 is 1. The molecule has 0 radical (unpaired) electrons. The lowest BCUT2D eigenvalue weighted by Crippen LogP contribution is -2.17. The molecule has 4 heteroatoms. The normalized spacial score (nSPS) is 12.1. The van der Waals surface area contributed by atoms with Crippen LogP contribution in [0, 0.1) is 5.41 Å². The predicted molar refractivity (Wildman–Crippen MR) is 121 cm³/mol. The molecule has 0 amide bonds. The summed E-state index contributed by atoms with van der Waals surface area (Å²) < 4.78 is 4.91. The van der Waals surface area contributed by atoms with E-state index < -0.39 is 0 Å². The van der Waals surface area contributed by atoms with E-state index in [-0.39, 0.29) is 0 Å². The van der Waals surface area contributed by atoms with Crippen molar-refractivity contribution < 1.29 is 9.84 Å². The molecule has 0 unspecified atom stereocenters. The number of benzene rings is 1. The second kappa shape index (κ2) is 20.5. The summed E-state index contributed by atoms with van der Waals surface area (Å²) in [6.07, 6.45) is 1.86. The Morgan fingerprint density at radius 2 is 1.69 bits per heavy atom. The molecule has 2 atom stereocenters. The Bertz CT molecular complexity index is 391. The van der Waals surface area contributed by atoms with Crippen molar-refractivity contribution in [3.05, 3.63) is 48.6 Å². The number of likely N-dealkylation sites (N-methyl/N-ethyl adjacent to an activating group) is 1. The van der Waals surface area contributed by atoms with Gasteiger partial charge in [0.2, 0.25) is 0 Å². The first-order valence-corrected chi connectivity index (χ1v) is 10.2. The molecule has 0 aliphatic heterocycles. The third-order valence-electron chi connectivity index (χ3n) is 3.07. The van der Waals surface area contributed by atoms with E-state index in [4.69, 9.17) is 9.84 Å². The Hall–Kier alpha value is -0.810. The maximum Gasteiger partial charge on any atom is 0.0510 e. The van der Waals surface area contributed by atoms with E-state index in [1.54, 1.807) is 7.11 Å². The number of nitrogens with one attached hydrogen (secondary N) is 1. The van der Waals surface area contributed by atoms with Crippen molar-refractivity contribution in [3.63, 3.8) is 0 Å². The third-order valence-corrected chi connectivity index (χ3v) is 4.18. The fourth-order valence-electron chi connectivity index (χ4n) is 1.62. The molecule has 26 heavy (non-hydrogen) atoms. The van der Waals surface area contributed by atoms with Gasteiger partial charge >= 0.3 is 0 Å². The number of hydrogen-bond acceptors (Lipinski definition) is 4. The summed E-state index contributed by atoms with van der Waals surface area (Å²) >= 11 is 1.98. The zero-order chi connectivity index (χ0) is 21.0. The Morgan fingerprint density at radius 1 is 1.19 bits per heavy atom. The maximum absolute atomic E-state index is 7.00. The van der Waals surface area contributed by atoms with Gasteiger partial charge in [0.1, 0.15) is 0 Å². The molecule has 0 aromatic heterocycles. The van der Waals surface area contributed by atoms with Crippen LogP contribution in [0.2, 0.25) is 0 Å². The standard InChI is InChI=1S/C10H14S.C6H14O.C5H11N.CH4O/c1-3-11-9(2)10-7-5-4-6-8-10;1-6(2,3)5-7-4;1-4-5(2)6-3;1-2/h4-9H,3H2,1-2H3;5H2,1-4H3;4-6H,1H2,2-3H3;2H,1H3/t9-;;5-;/m0.0./s1. The highest BCUT2D eigenvalue weighted by Gasteiger charge is 2.07. The zero-order valence-electron chi connectivity index (χ0n) is 18.5. The van der Waals surface area contributed by atoms with Gasteiger partial charge in [0.15, 0.2) is 0 Å². The minimum atomic E-state index is 0.328. The average molecular weight is 386 g/mol. The zero-order valence-corrected chi connectivity index (χ0v) is 19.3. The van der Waals surface area contributed by atoms with Gasteiger partial charge in [0.05, 0.1) is 6.61 Å². The Balaban J connectivity index is -0.000000308. The van der Waals surface area contributed by atoms with Crippen LogP contribution in [0.25, 0.3) is 0 Å². The van der Waals surface area contributed by atoms with Crippen molar-refractivity contribution in [2.24, 2.45) is 5.41 Å². The summed E-state index contributed by atoms with van der Waals surface area (Å²) in [6, 6.07) is 11.1. The van der Waals surface area contributed by atoms with Crippen LogP contribution in [-0.2, 0) is 4.74 Å². The molecule has 154 valence electrons. The monoisotopic (exact) mass is 385 g/mol. The number of aliphatic hydroxyl groups excluding tert-OH is 1. The van der Waals surface area contributed by atoms with Crippen molar-refractivity contribution in [1.82, 2.24) is 5.32 Å². The van der Waals surface area contributed by atoms with Crippen molar-refractivity contribution >= 4 is 11.8 Å². The first kappa shape index (κ1) is 29.9. The number of rotatable bonds is 6. The molecule has 2 N–H and O–H groups in total. The van der Waals surface area contributed by atoms with E-state index in [0.29, 0.717) is 16.7 Å². The molecule has 3 nitrogen and oxygen atoms in total. The van der Waals surface area contributed by atoms with Crippen molar-refractivity contribution in [1.29, 1.82) is 0 Å². The van der Waals surface area contributed by atoms with Gasteiger partial charge in [-0.2, -0.15) is 11.8 Å². The van der Waals surface area contributed by atoms with E-state index in [0.717, 1.165) is 13.7 Å². The van der Waals surface area contributed by atoms with Crippen molar-refractivity contribution in [2.75, 3.05) is 33.6 Å². The summed E-state index contributed by atoms with van der Waals surface area (Å²) in [5, 5.41) is 10.6. The van der Waals surface area contributed by atoms with Gasteiger partial charge in [-0.05, 0) is 37.6 Å². The van der Waals surface area contributed by atoms with Crippen LogP contribution < -0.4 is 5.32 Å². The van der Waals surface area contributed by atoms with E-state index >= 15 is 0 Å². The number of thioether (sulfide) groups is 1. The SMILES string of the molecule is C=C[C@H](C)NC.CCS[C@@H](C)c1ccccc1.CO.COCC(C)(C)C. The van der Waals surface area contributed by atoms with Gasteiger partial charge in [0, 0.05) is 25.5 Å². The number of ether oxygens (including phenoxy) is 1. The van der Waals surface area contributed by atoms with Crippen LogP contribution in [-0.4, -0.2) is 44.8 Å². The largest absolute Gasteiger partial charge is 0.400 e. The Morgan fingerprint density at radius 3 is 1.92 bits per heavy atom. The van der Waals surface area contributed by atoms with Crippen LogP contribution in [0.15, 0.2) is 43.0 Å². The predicted octanol–water partition coefficient (Wildman–Crippen LogP) is 5.57. The molecule has 0 saturated carbocycles. The lowest BCUT2D eigenvalue weighted by atomic mass is 9.99. The summed E-state index contributed by atoms with van der Waals surface area (Å²) in [7, 11) is 4.64. The van der Waals surface area contributed by atoms with E-state index in [9.17, 15) is 0 Å². The van der Waals surface area contributed by atoms with Gasteiger partial charge in [-0.25, -0.2) is 0 Å². The molecule has 1 aromatic carbocycles. The summed E-state index contributed by atoms with van der Waals surface area (Å²) in [4.78, 5) is 0. The van der Waals surface area contributed by atoms with Crippen LogP contribution >= 0.6 is 11.8 Å². The second-order valence-corrected chi connectivity index (χ2v) is 8.43. The molecule has 1 rings (SSSR count). The first-order chi connectivity index (χ1) is 12.2. The second-order valence-electron chi connectivity index (χ2n) is 6.81. The fraction of sp³-hybridized carbons (Fsp3) is 0.636. The van der Waals surface area contributed by atoms with Gasteiger partial charge in [-0.15, -0.1) is 6.58 Å². The van der Waals surface area contributed by atoms with E-state index in [2.05, 4.69) is 76.8 Å². The van der Waals surface area contributed by atoms with Gasteiger partial charge in [-0.3, -0.25) is 0 Å². The summed E-state index contributed by atoms with van der Waals surface area (Å²) in [5.41, 5.74) is 1.76. The third kappa shape index (κ3) is 23.2. The van der Waals surface area contributed by atoms with Crippen LogP contribution in [0.4, 0.5) is 0 Å². The molecule has 0 heterocycles. The van der Waals surface area contributed by atoms with Gasteiger partial charge in [-0.1, -0.05) is 64.1 Å². The molecule has 0 aliphatic rings. The van der Waals surface area contributed by atoms with Crippen molar-refractivity contribution in [2.45, 2.75) is 52.8 Å². The summed E-state index contributed by atoms with van der Waals surface area (Å²) in [6.45, 7) is 17.4. The lowest BCUT2D eigenvalue weighted by molar-refractivity contribution is 0.116. The minimum absolute atomic E-state index is 0.328. The highest BCUT2D eigenvalue weighted by atomic mass is 32.2. The molecule has 1 aromatic rings. The van der Waals surface area contributed by atoms with Crippen molar-refractivity contribution in [3.8, 4) is 0 Å². The topological polar surface area (TPSA) is 41.5 Å². The number of aliphatic hydroxyl groups is 1. The Labute approximate surface area is 167 Å². The maximum atomic E-state index is 7.00. The van der Waals surface area contributed by atoms with E-state index in [1.165, 1.54) is 11.3 Å². The molecule has 0 bridgehead atoms. The average Bonchev–Trinajstić information content (AvgIpc) is 2.63. The van der Waals surface area contributed by atoms with Crippen LogP contribution in [0.3, 0.4) is 0 Å². The highest BCUT2D eigenvalue weighted by molar-refractivity contribution is 7.99. The van der Waals surface area contributed by atoms with Gasteiger partial charge < -0.3 is 15.2 Å². The summed E-state index contributed by atoms with van der Waals surface area (Å²) in [5.74, 6) is 1.19. The molecule has 0 saturated heterocycles. The Kier molecular flexibility index (Phi) is 23.6. The molecular formula is C22H43NO2S. The van der Waals surface area contributed by atoms with Crippen LogP contribution in [0.5, 0.6) is 0 Å². The highest BCUT2D eigenvalue weighted by Crippen LogP contribution is 2.26. The fourth-order valence-corrected chi connectivity index (χ4v) is 2.47. The van der Waals surface area contributed by atoms with Gasteiger partial charge in [0.25, 0.3) is 0 Å². The van der Waals surface area contributed by atoms with E-state index in [1.807, 2.05) is 31.8 Å². The van der Waals surface area contributed by atoms with Crippen LogP contribution in [0.1, 0.15) is 52.4 Å². The molecule has 0 spiro atoms. The smallest absolute Gasteiger partial charge is 0.0510 e. The number of hydrogen-bond donors (Lipinski definition) is 2. The molecule has 0 aliphatic carbocycles.